The van der Waals surface area contributed by atoms with E-state index >= 15 is 0 Å². The predicted octanol–water partition coefficient (Wildman–Crippen LogP) is 1.85. The number of quaternary nitrogens is 1. The molecule has 1 heterocycles. The highest BCUT2D eigenvalue weighted by Crippen LogP contribution is 2.40. The van der Waals surface area contributed by atoms with E-state index in [0.717, 1.165) is 10.5 Å². The molecule has 0 bridgehead atoms. The predicted molar refractivity (Wildman–Crippen MR) is 139 cm³/mol. The smallest absolute Gasteiger partial charge is 0.295 e. The second kappa shape index (κ2) is 11.3. The molecule has 1 aliphatic heterocycles. The Kier molecular flexibility index (Phi) is 7.87. The number of carbonyl (C=O) groups excluding carboxylic acids is 2. The molecule has 1 N–H and O–H groups in total. The van der Waals surface area contributed by atoms with Crippen LogP contribution in [0.4, 0.5) is 5.69 Å². The molecule has 0 radical (unpaired) electrons. The maximum absolute atomic E-state index is 13.8. The fourth-order valence-electron chi connectivity index (χ4n) is 4.47. The molecule has 0 saturated carbocycles. The standard InChI is InChI=1S/C29H29N3O6/c1-19-16-23(38-18-20-8-5-4-6-9-20)12-13-24(19)27(33)25-26(21-10-7-11-22(17-21)32(36)37)31(15-14-30(2)3)29(35)28(25)34/h4-13,16-17,26,33H,14-15,18H2,1-3H3. The van der Waals surface area contributed by atoms with Crippen LogP contribution < -0.4 is 14.7 Å². The lowest BCUT2D eigenvalue weighted by atomic mass is 9.93. The third-order valence-corrected chi connectivity index (χ3v) is 6.47. The van der Waals surface area contributed by atoms with E-state index in [4.69, 9.17) is 4.74 Å². The Morgan fingerprint density at radius 2 is 1.76 bits per heavy atom. The van der Waals surface area contributed by atoms with E-state index < -0.39 is 28.4 Å². The fraction of sp³-hybridized carbons (Fsp3) is 0.241. The van der Waals surface area contributed by atoms with Crippen molar-refractivity contribution >= 4 is 23.1 Å². The lowest BCUT2D eigenvalue weighted by Crippen LogP contribution is -3.06. The number of ether oxygens (including phenoxy) is 1. The molecule has 196 valence electrons. The Balaban J connectivity index is 1.74. The number of benzene rings is 3. The Hall–Kier alpha value is -4.50. The maximum Gasteiger partial charge on any atom is 0.295 e. The van der Waals surface area contributed by atoms with Crippen LogP contribution in [-0.4, -0.2) is 48.7 Å². The summed E-state index contributed by atoms with van der Waals surface area (Å²) in [5.74, 6) is -1.69. The van der Waals surface area contributed by atoms with Gasteiger partial charge in [-0.05, 0) is 41.3 Å². The van der Waals surface area contributed by atoms with Gasteiger partial charge in [-0.3, -0.25) is 19.7 Å². The Bertz CT molecular complexity index is 1400. The molecule has 9 nitrogen and oxygen atoms in total. The number of amides is 1. The quantitative estimate of drug-likeness (QED) is 0.153. The van der Waals surface area contributed by atoms with Gasteiger partial charge in [-0.1, -0.05) is 54.3 Å². The molecule has 1 aliphatic rings. The number of ketones is 1. The van der Waals surface area contributed by atoms with Gasteiger partial charge in [0.15, 0.2) is 0 Å². The van der Waals surface area contributed by atoms with Crippen molar-refractivity contribution in [3.8, 4) is 5.75 Å². The molecule has 9 heteroatoms. The highest BCUT2D eigenvalue weighted by Gasteiger charge is 2.44. The number of nitrogens with one attached hydrogen (secondary N) is 1. The summed E-state index contributed by atoms with van der Waals surface area (Å²) in [4.78, 5) is 39.5. The Labute approximate surface area is 220 Å². The summed E-state index contributed by atoms with van der Waals surface area (Å²) in [6.07, 6.45) is 0. The first kappa shape index (κ1) is 26.6. The van der Waals surface area contributed by atoms with Gasteiger partial charge in [0.25, 0.3) is 11.6 Å². The van der Waals surface area contributed by atoms with E-state index in [9.17, 15) is 24.8 Å². The third kappa shape index (κ3) is 5.57. The van der Waals surface area contributed by atoms with Gasteiger partial charge >= 0.3 is 0 Å². The summed E-state index contributed by atoms with van der Waals surface area (Å²) in [6.45, 7) is 2.83. The minimum absolute atomic E-state index is 0.185. The van der Waals surface area contributed by atoms with Crippen LogP contribution in [0, 0.1) is 17.0 Å². The van der Waals surface area contributed by atoms with Gasteiger partial charge in [0, 0.05) is 17.7 Å². The Morgan fingerprint density at radius 1 is 1.03 bits per heavy atom. The van der Waals surface area contributed by atoms with Crippen LogP contribution in [0.15, 0.2) is 78.4 Å². The van der Waals surface area contributed by atoms with Crippen LogP contribution in [0.5, 0.6) is 5.75 Å². The van der Waals surface area contributed by atoms with E-state index in [1.54, 1.807) is 31.2 Å². The second-order valence-corrected chi connectivity index (χ2v) is 9.53. The number of nitrogens with zero attached hydrogens (tertiary/aromatic N) is 2. The lowest BCUT2D eigenvalue weighted by Gasteiger charge is -2.28. The SMILES string of the molecule is Cc1cc(OCc2ccccc2)ccc1C([O-])=C1C(=O)C(=O)N(CC[NH+](C)C)C1c1cccc([N+](=O)[O-])c1. The number of non-ortho nitro benzene ring substituents is 1. The maximum atomic E-state index is 13.8. The molecule has 1 fully saturated rings. The summed E-state index contributed by atoms with van der Waals surface area (Å²) < 4.78 is 5.86. The zero-order valence-electron chi connectivity index (χ0n) is 21.5. The second-order valence-electron chi connectivity index (χ2n) is 9.53. The van der Waals surface area contributed by atoms with Gasteiger partial charge in [0.05, 0.1) is 38.2 Å². The van der Waals surface area contributed by atoms with Crippen molar-refractivity contribution in [2.45, 2.75) is 19.6 Å². The number of likely N-dealkylation sites (tertiary alicyclic amines) is 1. The number of carbonyl (C=O) groups is 2. The normalized spacial score (nSPS) is 16.7. The van der Waals surface area contributed by atoms with Crippen molar-refractivity contribution in [2.24, 2.45) is 0 Å². The molecule has 1 amide bonds. The number of hydrogen-bond acceptors (Lipinski definition) is 6. The van der Waals surface area contributed by atoms with Crippen LogP contribution in [0.1, 0.15) is 28.3 Å². The molecule has 1 unspecified atom stereocenters. The molecule has 4 rings (SSSR count). The number of likely N-dealkylation sites (N-methyl/N-ethyl adjacent to an activating group) is 1. The molecule has 0 aliphatic carbocycles. The molecule has 0 spiro atoms. The van der Waals surface area contributed by atoms with Gasteiger partial charge in [-0.25, -0.2) is 0 Å². The zero-order chi connectivity index (χ0) is 27.4. The molecular formula is C29H29N3O6. The minimum Gasteiger partial charge on any atom is -0.872 e. The van der Waals surface area contributed by atoms with Crippen molar-refractivity contribution in [3.63, 3.8) is 0 Å². The van der Waals surface area contributed by atoms with Crippen molar-refractivity contribution < 1.29 is 29.3 Å². The van der Waals surface area contributed by atoms with Gasteiger partial charge in [0.2, 0.25) is 5.78 Å². The number of nitro benzene ring substituents is 1. The summed E-state index contributed by atoms with van der Waals surface area (Å²) >= 11 is 0. The number of hydrogen-bond donors (Lipinski definition) is 1. The average Bonchev–Trinajstić information content (AvgIpc) is 3.16. The number of rotatable bonds is 9. The first-order valence-electron chi connectivity index (χ1n) is 12.2. The van der Waals surface area contributed by atoms with E-state index in [0.29, 0.717) is 30.0 Å². The zero-order valence-corrected chi connectivity index (χ0v) is 21.5. The average molecular weight is 516 g/mol. The monoisotopic (exact) mass is 515 g/mol. The highest BCUT2D eigenvalue weighted by atomic mass is 16.6. The number of nitro groups is 1. The van der Waals surface area contributed by atoms with Crippen LogP contribution >= 0.6 is 0 Å². The first-order valence-corrected chi connectivity index (χ1v) is 12.2. The van der Waals surface area contributed by atoms with E-state index in [1.807, 2.05) is 44.4 Å². The summed E-state index contributed by atoms with van der Waals surface area (Å²) in [6, 6.07) is 19.3. The molecule has 0 aromatic heterocycles. The van der Waals surface area contributed by atoms with Crippen molar-refractivity contribution in [3.05, 3.63) is 111 Å². The molecular weight excluding hydrogens is 486 g/mol. The molecule has 3 aromatic rings. The number of aryl methyl sites for hydroxylation is 1. The van der Waals surface area contributed by atoms with Crippen LogP contribution in [0.3, 0.4) is 0 Å². The van der Waals surface area contributed by atoms with Gasteiger partial charge in [0.1, 0.15) is 12.4 Å². The van der Waals surface area contributed by atoms with Crippen molar-refractivity contribution in [2.75, 3.05) is 27.2 Å². The van der Waals surface area contributed by atoms with Crippen LogP contribution in [0.2, 0.25) is 0 Å². The summed E-state index contributed by atoms with van der Waals surface area (Å²) in [5.41, 5.74) is 1.80. The van der Waals surface area contributed by atoms with Gasteiger partial charge in [-0.2, -0.15) is 0 Å². The minimum atomic E-state index is -1.02. The van der Waals surface area contributed by atoms with E-state index in [2.05, 4.69) is 0 Å². The lowest BCUT2D eigenvalue weighted by molar-refractivity contribution is -0.857. The van der Waals surface area contributed by atoms with Crippen LogP contribution in [-0.2, 0) is 16.2 Å². The molecule has 1 atom stereocenters. The highest BCUT2D eigenvalue weighted by molar-refractivity contribution is 6.46. The first-order chi connectivity index (χ1) is 18.2. The molecule has 38 heavy (non-hydrogen) atoms. The molecule has 1 saturated heterocycles. The van der Waals surface area contributed by atoms with Gasteiger partial charge < -0.3 is 19.6 Å². The Morgan fingerprint density at radius 3 is 2.42 bits per heavy atom. The fourth-order valence-corrected chi connectivity index (χ4v) is 4.47. The topological polar surface area (TPSA) is 117 Å². The van der Waals surface area contributed by atoms with Crippen molar-refractivity contribution in [1.82, 2.24) is 4.90 Å². The number of Topliss-reactive ketones (excluding diaryl/α,β-unsaturated/α-hetero) is 1. The van der Waals surface area contributed by atoms with Gasteiger partial charge in [-0.15, -0.1) is 0 Å². The molecule has 3 aromatic carbocycles. The summed E-state index contributed by atoms with van der Waals surface area (Å²) in [7, 11) is 3.82. The third-order valence-electron chi connectivity index (χ3n) is 6.47. The van der Waals surface area contributed by atoms with Crippen molar-refractivity contribution in [1.29, 1.82) is 0 Å². The van der Waals surface area contributed by atoms with E-state index in [1.165, 1.54) is 23.1 Å². The van der Waals surface area contributed by atoms with E-state index in [-0.39, 0.29) is 23.4 Å². The largest absolute Gasteiger partial charge is 0.872 e. The van der Waals surface area contributed by atoms with Crippen LogP contribution in [0.25, 0.3) is 5.76 Å². The summed E-state index contributed by atoms with van der Waals surface area (Å²) in [5, 5.41) is 25.2.